The van der Waals surface area contributed by atoms with Crippen molar-refractivity contribution in [1.29, 1.82) is 0 Å². The SMILES string of the molecule is OC(c1ccc(C(F)(F)F)c(F)c1)C1(O)CCCCC1. The Hall–Kier alpha value is -1.14. The van der Waals surface area contributed by atoms with Crippen molar-refractivity contribution in [2.24, 2.45) is 0 Å². The number of aliphatic hydroxyl groups is 2. The smallest absolute Gasteiger partial charge is 0.387 e. The van der Waals surface area contributed by atoms with Gasteiger partial charge >= 0.3 is 6.18 Å². The van der Waals surface area contributed by atoms with E-state index in [4.69, 9.17) is 0 Å². The number of benzene rings is 1. The van der Waals surface area contributed by atoms with E-state index < -0.39 is 29.3 Å². The van der Waals surface area contributed by atoms with Crippen LogP contribution in [-0.2, 0) is 6.18 Å². The van der Waals surface area contributed by atoms with Crippen molar-refractivity contribution >= 4 is 0 Å². The summed E-state index contributed by atoms with van der Waals surface area (Å²) in [7, 11) is 0. The zero-order valence-corrected chi connectivity index (χ0v) is 10.8. The average Bonchev–Trinajstić information content (AvgIpc) is 2.37. The predicted octanol–water partition coefficient (Wildman–Crippen LogP) is 3.57. The van der Waals surface area contributed by atoms with Gasteiger partial charge in [-0.15, -0.1) is 0 Å². The van der Waals surface area contributed by atoms with Gasteiger partial charge in [0.25, 0.3) is 0 Å². The lowest BCUT2D eigenvalue weighted by Gasteiger charge is -2.36. The second-order valence-corrected chi connectivity index (χ2v) is 5.30. The van der Waals surface area contributed by atoms with Gasteiger partial charge in [-0.2, -0.15) is 13.2 Å². The van der Waals surface area contributed by atoms with Gasteiger partial charge in [0.15, 0.2) is 0 Å². The first kappa shape index (κ1) is 15.3. The summed E-state index contributed by atoms with van der Waals surface area (Å²) < 4.78 is 50.9. The molecule has 1 atom stereocenters. The van der Waals surface area contributed by atoms with Crippen molar-refractivity contribution in [2.45, 2.75) is 50.0 Å². The van der Waals surface area contributed by atoms with Crippen molar-refractivity contribution in [3.8, 4) is 0 Å². The molecule has 0 heterocycles. The predicted molar refractivity (Wildman–Crippen MR) is 64.4 cm³/mol. The molecular weight excluding hydrogens is 276 g/mol. The summed E-state index contributed by atoms with van der Waals surface area (Å²) in [6.45, 7) is 0. The number of rotatable bonds is 2. The minimum atomic E-state index is -4.77. The first-order valence-corrected chi connectivity index (χ1v) is 6.51. The van der Waals surface area contributed by atoms with Crippen LogP contribution in [0.25, 0.3) is 0 Å². The maximum absolute atomic E-state index is 13.5. The van der Waals surface area contributed by atoms with Crippen LogP contribution in [0.5, 0.6) is 0 Å². The van der Waals surface area contributed by atoms with Gasteiger partial charge in [0, 0.05) is 0 Å². The molecule has 0 saturated heterocycles. The molecule has 1 aromatic carbocycles. The standard InChI is InChI=1S/C14H16F4O2/c15-11-8-9(4-5-10(11)14(16,17)18)12(19)13(20)6-2-1-3-7-13/h4-5,8,12,19-20H,1-3,6-7H2. The molecular formula is C14H16F4O2. The van der Waals surface area contributed by atoms with Crippen LogP contribution in [0.2, 0.25) is 0 Å². The molecule has 6 heteroatoms. The van der Waals surface area contributed by atoms with E-state index in [2.05, 4.69) is 0 Å². The second kappa shape index (κ2) is 5.33. The van der Waals surface area contributed by atoms with E-state index in [0.717, 1.165) is 25.3 Å². The van der Waals surface area contributed by atoms with Crippen LogP contribution >= 0.6 is 0 Å². The Morgan fingerprint density at radius 1 is 1.10 bits per heavy atom. The summed E-state index contributed by atoms with van der Waals surface area (Å²) >= 11 is 0. The number of hydrogen-bond donors (Lipinski definition) is 2. The van der Waals surface area contributed by atoms with E-state index in [1.165, 1.54) is 0 Å². The zero-order valence-electron chi connectivity index (χ0n) is 10.8. The van der Waals surface area contributed by atoms with E-state index in [-0.39, 0.29) is 5.56 Å². The lowest BCUT2D eigenvalue weighted by molar-refractivity contribution is -0.140. The van der Waals surface area contributed by atoms with Gasteiger partial charge in [-0.05, 0) is 30.5 Å². The third-order valence-electron chi connectivity index (χ3n) is 3.84. The summed E-state index contributed by atoms with van der Waals surface area (Å²) in [6, 6.07) is 2.27. The van der Waals surface area contributed by atoms with Gasteiger partial charge in [-0.1, -0.05) is 25.3 Å². The lowest BCUT2D eigenvalue weighted by Crippen LogP contribution is -2.38. The fourth-order valence-corrected chi connectivity index (χ4v) is 2.68. The van der Waals surface area contributed by atoms with Gasteiger partial charge in [-0.3, -0.25) is 0 Å². The molecule has 0 aromatic heterocycles. The molecule has 2 nitrogen and oxygen atoms in total. The van der Waals surface area contributed by atoms with Crippen LogP contribution in [0.15, 0.2) is 18.2 Å². The van der Waals surface area contributed by atoms with Crippen LogP contribution in [-0.4, -0.2) is 15.8 Å². The van der Waals surface area contributed by atoms with Crippen LogP contribution in [0.1, 0.15) is 49.3 Å². The van der Waals surface area contributed by atoms with Gasteiger partial charge < -0.3 is 10.2 Å². The Morgan fingerprint density at radius 2 is 1.70 bits per heavy atom. The highest BCUT2D eigenvalue weighted by Gasteiger charge is 2.39. The topological polar surface area (TPSA) is 40.5 Å². The molecule has 1 aromatic rings. The minimum absolute atomic E-state index is 0.0279. The Balaban J connectivity index is 2.27. The van der Waals surface area contributed by atoms with Crippen molar-refractivity contribution in [1.82, 2.24) is 0 Å². The third-order valence-corrected chi connectivity index (χ3v) is 3.84. The van der Waals surface area contributed by atoms with Crippen molar-refractivity contribution in [3.05, 3.63) is 35.1 Å². The van der Waals surface area contributed by atoms with E-state index in [1.54, 1.807) is 0 Å². The molecule has 1 unspecified atom stereocenters. The van der Waals surface area contributed by atoms with E-state index in [1.807, 2.05) is 0 Å². The highest BCUT2D eigenvalue weighted by molar-refractivity contribution is 5.29. The highest BCUT2D eigenvalue weighted by atomic mass is 19.4. The zero-order chi connectivity index (χ0) is 15.0. The minimum Gasteiger partial charge on any atom is -0.387 e. The molecule has 2 rings (SSSR count). The maximum Gasteiger partial charge on any atom is 0.419 e. The number of hydrogen-bond acceptors (Lipinski definition) is 2. The summed E-state index contributed by atoms with van der Waals surface area (Å²) in [5.41, 5.74) is -2.78. The Morgan fingerprint density at radius 3 is 2.20 bits per heavy atom. The van der Waals surface area contributed by atoms with E-state index >= 15 is 0 Å². The van der Waals surface area contributed by atoms with Crippen LogP contribution < -0.4 is 0 Å². The Labute approximate surface area is 114 Å². The van der Waals surface area contributed by atoms with Crippen LogP contribution in [0, 0.1) is 5.82 Å². The molecule has 1 fully saturated rings. The number of aliphatic hydroxyl groups excluding tert-OH is 1. The van der Waals surface area contributed by atoms with Gasteiger partial charge in [0.05, 0.1) is 11.2 Å². The van der Waals surface area contributed by atoms with Crippen molar-refractivity contribution < 1.29 is 27.8 Å². The van der Waals surface area contributed by atoms with Crippen molar-refractivity contribution in [3.63, 3.8) is 0 Å². The molecule has 1 aliphatic rings. The molecule has 0 amide bonds. The monoisotopic (exact) mass is 292 g/mol. The molecule has 0 radical (unpaired) electrons. The first-order valence-electron chi connectivity index (χ1n) is 6.51. The van der Waals surface area contributed by atoms with Gasteiger partial charge in [0.1, 0.15) is 11.9 Å². The molecule has 0 bridgehead atoms. The van der Waals surface area contributed by atoms with E-state index in [9.17, 15) is 27.8 Å². The molecule has 2 N–H and O–H groups in total. The fourth-order valence-electron chi connectivity index (χ4n) is 2.68. The quantitative estimate of drug-likeness (QED) is 0.818. The number of halogens is 4. The van der Waals surface area contributed by atoms with Gasteiger partial charge in [0.2, 0.25) is 0 Å². The molecule has 0 spiro atoms. The third kappa shape index (κ3) is 2.96. The van der Waals surface area contributed by atoms with Gasteiger partial charge in [-0.25, -0.2) is 4.39 Å². The largest absolute Gasteiger partial charge is 0.419 e. The molecule has 1 saturated carbocycles. The Kier molecular flexibility index (Phi) is 4.07. The van der Waals surface area contributed by atoms with Crippen LogP contribution in [0.4, 0.5) is 17.6 Å². The Bertz CT molecular complexity index is 479. The molecule has 0 aliphatic heterocycles. The summed E-state index contributed by atoms with van der Waals surface area (Å²) in [5.74, 6) is -1.44. The average molecular weight is 292 g/mol. The number of alkyl halides is 3. The van der Waals surface area contributed by atoms with Crippen molar-refractivity contribution in [2.75, 3.05) is 0 Å². The summed E-state index contributed by atoms with van der Waals surface area (Å²) in [4.78, 5) is 0. The molecule has 20 heavy (non-hydrogen) atoms. The maximum atomic E-state index is 13.5. The van der Waals surface area contributed by atoms with Crippen LogP contribution in [0.3, 0.4) is 0 Å². The molecule has 112 valence electrons. The summed E-state index contributed by atoms with van der Waals surface area (Å²) in [6.07, 6.45) is -3.02. The first-order chi connectivity index (χ1) is 9.24. The lowest BCUT2D eigenvalue weighted by atomic mass is 9.78. The molecule has 1 aliphatic carbocycles. The fraction of sp³-hybridized carbons (Fsp3) is 0.571. The second-order valence-electron chi connectivity index (χ2n) is 5.30. The van der Waals surface area contributed by atoms with E-state index in [0.29, 0.717) is 25.0 Å². The normalized spacial score (nSPS) is 20.7. The highest BCUT2D eigenvalue weighted by Crippen LogP contribution is 2.39. The summed E-state index contributed by atoms with van der Waals surface area (Å²) in [5, 5.41) is 20.4.